The maximum absolute atomic E-state index is 13.0. The van der Waals surface area contributed by atoms with Gasteiger partial charge in [-0.2, -0.15) is 0 Å². The second-order valence-electron chi connectivity index (χ2n) is 8.04. The van der Waals surface area contributed by atoms with E-state index in [1.54, 1.807) is 7.11 Å². The van der Waals surface area contributed by atoms with Crippen LogP contribution in [0.5, 0.6) is 5.75 Å². The van der Waals surface area contributed by atoms with Gasteiger partial charge < -0.3 is 14.4 Å². The molecule has 25 heavy (non-hydrogen) atoms. The average molecular weight is 343 g/mol. The third kappa shape index (κ3) is 3.41. The van der Waals surface area contributed by atoms with E-state index in [1.165, 1.54) is 12.0 Å². The smallest absolute Gasteiger partial charge is 0.226 e. The van der Waals surface area contributed by atoms with E-state index in [-0.39, 0.29) is 11.3 Å². The van der Waals surface area contributed by atoms with Gasteiger partial charge in [0.1, 0.15) is 5.75 Å². The lowest BCUT2D eigenvalue weighted by atomic mass is 9.89. The first-order valence-electron chi connectivity index (χ1n) is 9.70. The average Bonchev–Trinajstić information content (AvgIpc) is 3.35. The number of ether oxygens (including phenoxy) is 2. The number of nitrogens with zero attached hydrogens (tertiary/aromatic N) is 1. The molecule has 0 radical (unpaired) electrons. The van der Waals surface area contributed by atoms with Crippen molar-refractivity contribution in [3.8, 4) is 5.75 Å². The Morgan fingerprint density at radius 3 is 2.92 bits per heavy atom. The van der Waals surface area contributed by atoms with Crippen LogP contribution in [-0.2, 0) is 16.0 Å². The Bertz CT molecular complexity index is 623. The van der Waals surface area contributed by atoms with Gasteiger partial charge in [0.15, 0.2) is 0 Å². The number of hydrogen-bond donors (Lipinski definition) is 0. The monoisotopic (exact) mass is 343 g/mol. The first-order valence-corrected chi connectivity index (χ1v) is 9.70. The Morgan fingerprint density at radius 2 is 2.12 bits per heavy atom. The lowest BCUT2D eigenvalue weighted by molar-refractivity contribution is -0.135. The van der Waals surface area contributed by atoms with Gasteiger partial charge in [0.2, 0.25) is 5.91 Å². The number of piperidine rings is 1. The fourth-order valence-corrected chi connectivity index (χ4v) is 4.86. The molecular formula is C21H29NO3. The second-order valence-corrected chi connectivity index (χ2v) is 8.04. The van der Waals surface area contributed by atoms with Gasteiger partial charge in [0.25, 0.3) is 0 Å². The molecule has 4 rings (SSSR count). The summed E-state index contributed by atoms with van der Waals surface area (Å²) < 4.78 is 11.0. The minimum Gasteiger partial charge on any atom is -0.496 e. The van der Waals surface area contributed by atoms with Crippen LogP contribution >= 0.6 is 0 Å². The molecule has 2 aliphatic heterocycles. The highest BCUT2D eigenvalue weighted by Gasteiger charge is 2.59. The molecule has 0 aromatic heterocycles. The highest BCUT2D eigenvalue weighted by Crippen LogP contribution is 2.59. The molecule has 0 N–H and O–H groups in total. The van der Waals surface area contributed by atoms with Crippen LogP contribution in [0.1, 0.15) is 37.7 Å². The number of para-hydroxylation sites is 1. The molecule has 2 atom stereocenters. The molecule has 0 unspecified atom stereocenters. The van der Waals surface area contributed by atoms with Gasteiger partial charge in [-0.1, -0.05) is 18.2 Å². The molecule has 3 fully saturated rings. The molecule has 1 aliphatic carbocycles. The van der Waals surface area contributed by atoms with Crippen molar-refractivity contribution in [1.82, 2.24) is 4.90 Å². The van der Waals surface area contributed by atoms with Crippen molar-refractivity contribution in [2.45, 2.75) is 38.5 Å². The Balaban J connectivity index is 1.37. The van der Waals surface area contributed by atoms with Gasteiger partial charge in [-0.3, -0.25) is 4.79 Å². The number of benzene rings is 1. The predicted octanol–water partition coefficient (Wildman–Crippen LogP) is 3.29. The molecule has 4 heteroatoms. The Kier molecular flexibility index (Phi) is 4.72. The predicted molar refractivity (Wildman–Crippen MR) is 96.6 cm³/mol. The maximum Gasteiger partial charge on any atom is 0.226 e. The quantitative estimate of drug-likeness (QED) is 0.842. The van der Waals surface area contributed by atoms with Gasteiger partial charge in [-0.15, -0.1) is 0 Å². The molecule has 1 aromatic carbocycles. The van der Waals surface area contributed by atoms with E-state index < -0.39 is 0 Å². The van der Waals surface area contributed by atoms with Crippen molar-refractivity contribution in [2.24, 2.45) is 17.3 Å². The maximum atomic E-state index is 13.0. The molecule has 136 valence electrons. The van der Waals surface area contributed by atoms with Crippen LogP contribution in [0.25, 0.3) is 0 Å². The Hall–Kier alpha value is -1.55. The van der Waals surface area contributed by atoms with Crippen LogP contribution in [0.3, 0.4) is 0 Å². The van der Waals surface area contributed by atoms with E-state index >= 15 is 0 Å². The number of rotatable bonds is 4. The third-order valence-electron chi connectivity index (χ3n) is 6.51. The molecule has 1 spiro atoms. The summed E-state index contributed by atoms with van der Waals surface area (Å²) >= 11 is 0. The number of hydrogen-bond acceptors (Lipinski definition) is 3. The van der Waals surface area contributed by atoms with Gasteiger partial charge in [-0.05, 0) is 61.5 Å². The van der Waals surface area contributed by atoms with Gasteiger partial charge >= 0.3 is 0 Å². The first kappa shape index (κ1) is 16.9. The van der Waals surface area contributed by atoms with E-state index in [0.717, 1.165) is 64.2 Å². The fourth-order valence-electron chi connectivity index (χ4n) is 4.86. The number of likely N-dealkylation sites (tertiary alicyclic amines) is 1. The van der Waals surface area contributed by atoms with Crippen molar-refractivity contribution >= 4 is 5.91 Å². The SMILES string of the molecule is COc1ccccc1C[C@@H]1CCCN(C(=O)[C@H]2CC23CCOCC3)C1. The van der Waals surface area contributed by atoms with Crippen LogP contribution in [-0.4, -0.2) is 44.2 Å². The van der Waals surface area contributed by atoms with Crippen molar-refractivity contribution in [2.75, 3.05) is 33.4 Å². The molecule has 1 saturated carbocycles. The zero-order valence-corrected chi connectivity index (χ0v) is 15.2. The molecule has 2 heterocycles. The number of carbonyl (C=O) groups is 1. The van der Waals surface area contributed by atoms with Crippen LogP contribution in [0.4, 0.5) is 0 Å². The van der Waals surface area contributed by atoms with Gasteiger partial charge in [0.05, 0.1) is 7.11 Å². The normalized spacial score (nSPS) is 28.0. The molecular weight excluding hydrogens is 314 g/mol. The number of carbonyl (C=O) groups excluding carboxylic acids is 1. The zero-order valence-electron chi connectivity index (χ0n) is 15.2. The minimum absolute atomic E-state index is 0.265. The standard InChI is InChI=1S/C21H29NO3/c1-24-19-7-3-2-6-17(19)13-16-5-4-10-22(15-16)20(23)18-14-21(18)8-11-25-12-9-21/h2-3,6-7,16,18H,4-5,8-15H2,1H3/t16-,18+/m0/s1. The highest BCUT2D eigenvalue weighted by molar-refractivity contribution is 5.82. The topological polar surface area (TPSA) is 38.8 Å². The van der Waals surface area contributed by atoms with Crippen LogP contribution < -0.4 is 4.74 Å². The summed E-state index contributed by atoms with van der Waals surface area (Å²) in [4.78, 5) is 15.2. The van der Waals surface area contributed by atoms with E-state index in [2.05, 4.69) is 17.0 Å². The number of methoxy groups -OCH3 is 1. The molecule has 0 bridgehead atoms. The van der Waals surface area contributed by atoms with Crippen LogP contribution in [0.2, 0.25) is 0 Å². The van der Waals surface area contributed by atoms with Crippen molar-refractivity contribution in [3.05, 3.63) is 29.8 Å². The van der Waals surface area contributed by atoms with Gasteiger partial charge in [0, 0.05) is 32.2 Å². The molecule has 4 nitrogen and oxygen atoms in total. The van der Waals surface area contributed by atoms with E-state index in [9.17, 15) is 4.79 Å². The summed E-state index contributed by atoms with van der Waals surface area (Å²) in [6, 6.07) is 8.26. The Labute approximate surface area is 150 Å². The van der Waals surface area contributed by atoms with Crippen LogP contribution in [0, 0.1) is 17.3 Å². The van der Waals surface area contributed by atoms with Crippen molar-refractivity contribution in [3.63, 3.8) is 0 Å². The lowest BCUT2D eigenvalue weighted by Gasteiger charge is -2.34. The molecule has 1 amide bonds. The van der Waals surface area contributed by atoms with E-state index in [4.69, 9.17) is 9.47 Å². The van der Waals surface area contributed by atoms with Crippen LogP contribution in [0.15, 0.2) is 24.3 Å². The molecule has 3 aliphatic rings. The van der Waals surface area contributed by atoms with E-state index in [1.807, 2.05) is 12.1 Å². The largest absolute Gasteiger partial charge is 0.496 e. The van der Waals surface area contributed by atoms with Crippen molar-refractivity contribution < 1.29 is 14.3 Å². The third-order valence-corrected chi connectivity index (χ3v) is 6.51. The van der Waals surface area contributed by atoms with Gasteiger partial charge in [-0.25, -0.2) is 0 Å². The van der Waals surface area contributed by atoms with E-state index in [0.29, 0.717) is 11.8 Å². The minimum atomic E-state index is 0.265. The fraction of sp³-hybridized carbons (Fsp3) is 0.667. The summed E-state index contributed by atoms with van der Waals surface area (Å²) in [7, 11) is 1.73. The summed E-state index contributed by atoms with van der Waals surface area (Å²) in [6.07, 6.45) is 6.55. The summed E-state index contributed by atoms with van der Waals surface area (Å²) in [6.45, 7) is 3.50. The summed E-state index contributed by atoms with van der Waals surface area (Å²) in [5.74, 6) is 2.18. The summed E-state index contributed by atoms with van der Waals surface area (Å²) in [5.41, 5.74) is 1.54. The first-order chi connectivity index (χ1) is 12.2. The lowest BCUT2D eigenvalue weighted by Crippen LogP contribution is -2.42. The molecule has 1 aromatic rings. The number of amides is 1. The second kappa shape index (κ2) is 6.99. The van der Waals surface area contributed by atoms with Crippen molar-refractivity contribution in [1.29, 1.82) is 0 Å². The molecule has 2 saturated heterocycles. The summed E-state index contributed by atoms with van der Waals surface area (Å²) in [5, 5.41) is 0. The highest BCUT2D eigenvalue weighted by atomic mass is 16.5. The Morgan fingerprint density at radius 1 is 1.32 bits per heavy atom. The zero-order chi connectivity index (χ0) is 17.3.